The van der Waals surface area contributed by atoms with Gasteiger partial charge in [0.25, 0.3) is 0 Å². The van der Waals surface area contributed by atoms with E-state index in [4.69, 9.17) is 17.3 Å². The first-order valence-corrected chi connectivity index (χ1v) is 6.29. The smallest absolute Gasteiger partial charge is 0.222 e. The molecule has 0 aromatic carbocycles. The summed E-state index contributed by atoms with van der Waals surface area (Å²) < 4.78 is 0.853. The van der Waals surface area contributed by atoms with Gasteiger partial charge in [0.2, 0.25) is 5.28 Å². The van der Waals surface area contributed by atoms with Gasteiger partial charge < -0.3 is 5.73 Å². The second-order valence-electron chi connectivity index (χ2n) is 3.94. The summed E-state index contributed by atoms with van der Waals surface area (Å²) in [6.45, 7) is 0. The molecule has 1 aromatic rings. The number of halogens is 2. The third-order valence-electron chi connectivity index (χ3n) is 2.97. The second kappa shape index (κ2) is 4.76. The number of hydrogen-bond acceptors (Lipinski definition) is 3. The van der Waals surface area contributed by atoms with Crippen LogP contribution in [0, 0.1) is 5.92 Å². The molecule has 0 saturated heterocycles. The van der Waals surface area contributed by atoms with Crippen LogP contribution in [0.2, 0.25) is 5.28 Å². The van der Waals surface area contributed by atoms with Gasteiger partial charge in [0.1, 0.15) is 0 Å². The van der Waals surface area contributed by atoms with Crippen molar-refractivity contribution in [2.45, 2.75) is 31.7 Å². The molecule has 0 spiro atoms. The molecule has 82 valence electrons. The summed E-state index contributed by atoms with van der Waals surface area (Å²) in [5.74, 6) is 0.535. The Balaban J connectivity index is 2.23. The maximum absolute atomic E-state index is 6.19. The molecule has 0 radical (unpaired) electrons. The fourth-order valence-corrected chi connectivity index (χ4v) is 2.73. The van der Waals surface area contributed by atoms with Crippen molar-refractivity contribution in [3.8, 4) is 0 Å². The maximum Gasteiger partial charge on any atom is 0.222 e. The normalized spacial score (nSPS) is 19.4. The highest BCUT2D eigenvalue weighted by molar-refractivity contribution is 9.10. The Labute approximate surface area is 103 Å². The fourth-order valence-electron chi connectivity index (χ4n) is 2.13. The fraction of sp³-hybridized carbons (Fsp3) is 0.600. The molecule has 1 aromatic heterocycles. The van der Waals surface area contributed by atoms with Crippen LogP contribution in [0.5, 0.6) is 0 Å². The summed E-state index contributed by atoms with van der Waals surface area (Å²) in [6.07, 6.45) is 6.59. The van der Waals surface area contributed by atoms with Crippen LogP contribution >= 0.6 is 27.5 Å². The highest BCUT2D eigenvalue weighted by atomic mass is 79.9. The minimum Gasteiger partial charge on any atom is -0.322 e. The molecular weight excluding hydrogens is 277 g/mol. The van der Waals surface area contributed by atoms with Gasteiger partial charge in [-0.2, -0.15) is 0 Å². The van der Waals surface area contributed by atoms with Crippen molar-refractivity contribution < 1.29 is 0 Å². The standard InChI is InChI=1S/C10H13BrClN3/c11-7-5-14-10(12)15-9(7)8(13)6-3-1-2-4-6/h5-6,8H,1-4,13H2. The lowest BCUT2D eigenvalue weighted by Gasteiger charge is -2.19. The molecule has 1 atom stereocenters. The van der Waals surface area contributed by atoms with Gasteiger partial charge in [-0.3, -0.25) is 0 Å². The van der Waals surface area contributed by atoms with E-state index in [0.29, 0.717) is 5.92 Å². The van der Waals surface area contributed by atoms with Crippen molar-refractivity contribution in [2.24, 2.45) is 11.7 Å². The molecule has 1 unspecified atom stereocenters. The zero-order chi connectivity index (χ0) is 10.8. The Morgan fingerprint density at radius 1 is 1.47 bits per heavy atom. The average molecular weight is 291 g/mol. The van der Waals surface area contributed by atoms with E-state index in [0.717, 1.165) is 10.2 Å². The van der Waals surface area contributed by atoms with Gasteiger partial charge in [0, 0.05) is 6.20 Å². The minimum atomic E-state index is -0.0256. The third-order valence-corrected chi connectivity index (χ3v) is 3.76. The van der Waals surface area contributed by atoms with E-state index in [1.54, 1.807) is 6.20 Å². The van der Waals surface area contributed by atoms with Crippen LogP contribution in [-0.2, 0) is 0 Å². The predicted molar refractivity (Wildman–Crippen MR) is 63.6 cm³/mol. The SMILES string of the molecule is NC(c1nc(Cl)ncc1Br)C1CCCC1. The van der Waals surface area contributed by atoms with Crippen molar-refractivity contribution in [2.75, 3.05) is 0 Å². The van der Waals surface area contributed by atoms with E-state index in [-0.39, 0.29) is 11.3 Å². The molecule has 1 fully saturated rings. The topological polar surface area (TPSA) is 51.8 Å². The van der Waals surface area contributed by atoms with Gasteiger partial charge >= 0.3 is 0 Å². The Kier molecular flexibility index (Phi) is 3.59. The van der Waals surface area contributed by atoms with Crippen molar-refractivity contribution in [3.63, 3.8) is 0 Å². The lowest BCUT2D eigenvalue weighted by atomic mass is 9.96. The molecule has 1 aliphatic rings. The highest BCUT2D eigenvalue weighted by Gasteiger charge is 2.25. The number of rotatable bonds is 2. The van der Waals surface area contributed by atoms with E-state index in [9.17, 15) is 0 Å². The monoisotopic (exact) mass is 289 g/mol. The molecule has 0 amide bonds. The molecule has 15 heavy (non-hydrogen) atoms. The van der Waals surface area contributed by atoms with Crippen LogP contribution in [0.1, 0.15) is 37.4 Å². The van der Waals surface area contributed by atoms with Crippen molar-refractivity contribution >= 4 is 27.5 Å². The number of nitrogens with two attached hydrogens (primary N) is 1. The summed E-state index contributed by atoms with van der Waals surface area (Å²) in [6, 6.07) is -0.0256. The summed E-state index contributed by atoms with van der Waals surface area (Å²) in [5, 5.41) is 0.265. The van der Waals surface area contributed by atoms with Crippen LogP contribution in [0.15, 0.2) is 10.7 Å². The van der Waals surface area contributed by atoms with Gasteiger partial charge in [0.05, 0.1) is 16.2 Å². The lowest BCUT2D eigenvalue weighted by Crippen LogP contribution is -2.21. The lowest BCUT2D eigenvalue weighted by molar-refractivity contribution is 0.435. The quantitative estimate of drug-likeness (QED) is 0.852. The molecular formula is C10H13BrClN3. The third kappa shape index (κ3) is 2.49. The Bertz CT molecular complexity index is 353. The summed E-state index contributed by atoms with van der Waals surface area (Å²) in [4.78, 5) is 8.10. The van der Waals surface area contributed by atoms with E-state index in [1.165, 1.54) is 25.7 Å². The summed E-state index contributed by atoms with van der Waals surface area (Å²) >= 11 is 9.18. The van der Waals surface area contributed by atoms with E-state index in [1.807, 2.05) is 0 Å². The van der Waals surface area contributed by atoms with E-state index < -0.39 is 0 Å². The van der Waals surface area contributed by atoms with Gasteiger partial charge in [-0.1, -0.05) is 12.8 Å². The maximum atomic E-state index is 6.19. The molecule has 0 aliphatic heterocycles. The second-order valence-corrected chi connectivity index (χ2v) is 5.13. The molecule has 2 rings (SSSR count). The molecule has 3 nitrogen and oxygen atoms in total. The van der Waals surface area contributed by atoms with Crippen molar-refractivity contribution in [1.29, 1.82) is 0 Å². The zero-order valence-corrected chi connectivity index (χ0v) is 10.6. The zero-order valence-electron chi connectivity index (χ0n) is 8.29. The van der Waals surface area contributed by atoms with Gasteiger partial charge in [0.15, 0.2) is 0 Å². The Morgan fingerprint density at radius 3 is 2.80 bits per heavy atom. The predicted octanol–water partition coefficient (Wildman–Crippen LogP) is 3.08. The van der Waals surface area contributed by atoms with Crippen LogP contribution in [0.4, 0.5) is 0 Å². The van der Waals surface area contributed by atoms with Gasteiger partial charge in [-0.15, -0.1) is 0 Å². The minimum absolute atomic E-state index is 0.0256. The van der Waals surface area contributed by atoms with Crippen molar-refractivity contribution in [1.82, 2.24) is 9.97 Å². The van der Waals surface area contributed by atoms with E-state index >= 15 is 0 Å². The van der Waals surface area contributed by atoms with Gasteiger partial charge in [-0.05, 0) is 46.3 Å². The molecule has 2 N–H and O–H groups in total. The summed E-state index contributed by atoms with van der Waals surface area (Å²) in [7, 11) is 0. The van der Waals surface area contributed by atoms with Gasteiger partial charge in [-0.25, -0.2) is 9.97 Å². The number of aromatic nitrogens is 2. The Hall–Kier alpha value is -0.190. The molecule has 0 bridgehead atoms. The molecule has 1 aliphatic carbocycles. The molecule has 1 heterocycles. The molecule has 5 heteroatoms. The first-order chi connectivity index (χ1) is 7.18. The largest absolute Gasteiger partial charge is 0.322 e. The average Bonchev–Trinajstić information content (AvgIpc) is 2.74. The molecule has 1 saturated carbocycles. The number of hydrogen-bond donors (Lipinski definition) is 1. The van der Waals surface area contributed by atoms with Crippen LogP contribution < -0.4 is 5.73 Å². The van der Waals surface area contributed by atoms with Crippen molar-refractivity contribution in [3.05, 3.63) is 21.6 Å². The number of nitrogens with zero attached hydrogens (tertiary/aromatic N) is 2. The summed E-state index contributed by atoms with van der Waals surface area (Å²) in [5.41, 5.74) is 7.03. The first kappa shape index (κ1) is 11.3. The Morgan fingerprint density at radius 2 is 2.13 bits per heavy atom. The highest BCUT2D eigenvalue weighted by Crippen LogP contribution is 2.35. The van der Waals surface area contributed by atoms with Crippen LogP contribution in [0.25, 0.3) is 0 Å². The first-order valence-electron chi connectivity index (χ1n) is 5.12. The van der Waals surface area contributed by atoms with Crippen LogP contribution in [-0.4, -0.2) is 9.97 Å². The van der Waals surface area contributed by atoms with E-state index in [2.05, 4.69) is 25.9 Å². The van der Waals surface area contributed by atoms with Crippen LogP contribution in [0.3, 0.4) is 0 Å².